The smallest absolute Gasteiger partial charge is 0.409 e. The fourth-order valence-corrected chi connectivity index (χ4v) is 7.73. The second kappa shape index (κ2) is 17.1. The number of ether oxygens (including phenoxy) is 1. The number of hydrogen-bond acceptors (Lipinski definition) is 5. The summed E-state index contributed by atoms with van der Waals surface area (Å²) in [6, 6.07) is 2.50. The zero-order valence-electron chi connectivity index (χ0n) is 28.5. The number of aliphatic hydroxyl groups is 1. The molecule has 4 amide bonds. The normalized spacial score (nSPS) is 19.4. The molecule has 0 unspecified atom stereocenters. The first-order valence-electron chi connectivity index (χ1n) is 16.8. The number of piperidine rings is 1. The topological polar surface area (TPSA) is 123 Å². The van der Waals surface area contributed by atoms with Crippen molar-refractivity contribution in [2.75, 3.05) is 39.8 Å². The maximum Gasteiger partial charge on any atom is 0.409 e. The van der Waals surface area contributed by atoms with Crippen LogP contribution in [0.2, 0.25) is 30.7 Å². The van der Waals surface area contributed by atoms with Crippen LogP contribution in [0.3, 0.4) is 0 Å². The van der Waals surface area contributed by atoms with Gasteiger partial charge in [-0.3, -0.25) is 0 Å². The number of hydrogen-bond donors (Lipinski definition) is 3. The van der Waals surface area contributed by atoms with Crippen molar-refractivity contribution in [2.45, 2.75) is 108 Å². The summed E-state index contributed by atoms with van der Waals surface area (Å²) in [6.07, 6.45) is 4.27. The molecular weight excluding hydrogens is 650 g/mol. The predicted octanol–water partition coefficient (Wildman–Crippen LogP) is 7.12. The highest BCUT2D eigenvalue weighted by Crippen LogP contribution is 2.42. The molecule has 3 rings (SSSR count). The van der Waals surface area contributed by atoms with Gasteiger partial charge in [-0.25, -0.2) is 23.2 Å². The minimum absolute atomic E-state index is 0.0164. The molecule has 1 saturated heterocycles. The van der Waals surface area contributed by atoms with Gasteiger partial charge in [-0.2, -0.15) is 0 Å². The van der Waals surface area contributed by atoms with E-state index in [2.05, 4.69) is 25.0 Å². The summed E-state index contributed by atoms with van der Waals surface area (Å²) in [5.74, 6) is -2.65. The molecule has 0 spiro atoms. The van der Waals surface area contributed by atoms with Crippen molar-refractivity contribution in [3.8, 4) is 0 Å². The molecule has 1 aliphatic heterocycles. The van der Waals surface area contributed by atoms with Crippen LogP contribution >= 0.6 is 11.6 Å². The number of nitrogens with one attached hydrogen (secondary N) is 1. The van der Waals surface area contributed by atoms with Crippen molar-refractivity contribution in [3.05, 3.63) is 34.4 Å². The highest BCUT2D eigenvalue weighted by molar-refractivity contribution is 6.76. The number of carbonyl (C=O) groups is 3. The minimum atomic E-state index is -1.85. The Bertz CT molecular complexity index is 1230. The third-order valence-electron chi connectivity index (χ3n) is 9.47. The summed E-state index contributed by atoms with van der Waals surface area (Å²) in [6.45, 7) is 9.79. The van der Waals surface area contributed by atoms with E-state index >= 15 is 4.39 Å². The summed E-state index contributed by atoms with van der Waals surface area (Å²) >= 11 is 5.93. The van der Waals surface area contributed by atoms with Crippen LogP contribution in [0.5, 0.6) is 0 Å². The van der Waals surface area contributed by atoms with Crippen LogP contribution < -0.4 is 5.32 Å². The number of benzene rings is 1. The second-order valence-corrected chi connectivity index (χ2v) is 20.4. The van der Waals surface area contributed by atoms with E-state index in [-0.39, 0.29) is 56.2 Å². The van der Waals surface area contributed by atoms with E-state index in [0.29, 0.717) is 26.0 Å². The molecule has 1 aliphatic carbocycles. The summed E-state index contributed by atoms with van der Waals surface area (Å²) in [4.78, 5) is 43.3. The Kier molecular flexibility index (Phi) is 14.2. The van der Waals surface area contributed by atoms with Crippen molar-refractivity contribution in [1.82, 2.24) is 20.0 Å². The molecule has 266 valence electrons. The number of carbonyl (C=O) groups excluding carboxylic acids is 2. The van der Waals surface area contributed by atoms with E-state index in [1.54, 1.807) is 11.9 Å². The Hall–Kier alpha value is -2.64. The second-order valence-electron chi connectivity index (χ2n) is 14.4. The van der Waals surface area contributed by atoms with Gasteiger partial charge < -0.3 is 35.0 Å². The summed E-state index contributed by atoms with van der Waals surface area (Å²) in [5.41, 5.74) is -2.02. The molecule has 1 saturated carbocycles. The predicted molar refractivity (Wildman–Crippen MR) is 181 cm³/mol. The number of halogens is 3. The van der Waals surface area contributed by atoms with E-state index in [9.17, 15) is 23.9 Å². The lowest BCUT2D eigenvalue weighted by atomic mass is 9.74. The molecule has 1 aromatic rings. The lowest BCUT2D eigenvalue weighted by molar-refractivity contribution is -0.0603. The van der Waals surface area contributed by atoms with Crippen LogP contribution in [0, 0.1) is 17.6 Å². The van der Waals surface area contributed by atoms with Crippen LogP contribution in [0.4, 0.5) is 23.2 Å². The molecular formula is C33H53ClF2N4O6Si. The molecule has 0 bridgehead atoms. The largest absolute Gasteiger partial charge is 0.465 e. The van der Waals surface area contributed by atoms with Gasteiger partial charge in [0, 0.05) is 64.9 Å². The Balaban J connectivity index is 1.83. The quantitative estimate of drug-likeness (QED) is 0.114. The third kappa shape index (κ3) is 10.7. The van der Waals surface area contributed by atoms with Crippen molar-refractivity contribution < 1.29 is 38.1 Å². The van der Waals surface area contributed by atoms with Crippen LogP contribution in [0.1, 0.15) is 70.3 Å². The molecule has 1 aromatic carbocycles. The van der Waals surface area contributed by atoms with E-state index in [1.807, 2.05) is 11.8 Å². The fraction of sp³-hybridized carbons (Fsp3) is 0.727. The molecule has 0 aromatic heterocycles. The molecule has 47 heavy (non-hydrogen) atoms. The highest BCUT2D eigenvalue weighted by Gasteiger charge is 2.45. The van der Waals surface area contributed by atoms with Gasteiger partial charge in [0.25, 0.3) is 0 Å². The number of carboxylic acid groups (broad SMARTS) is 1. The molecule has 10 nitrogen and oxygen atoms in total. The first kappa shape index (κ1) is 38.8. The summed E-state index contributed by atoms with van der Waals surface area (Å²) in [5, 5.41) is 22.7. The minimum Gasteiger partial charge on any atom is -0.465 e. The standard InChI is InChI=1S/C33H53ClF2N4O6Si/c1-23(21-38(2)32(44)46-19-20-47(3,4)5)40(25-12-7-6-8-13-25)31(43)39-18-9-11-24(22-39)33(45,16-10-17-37-30(41)42)26-14-15-27(35)28(34)29(26)36/h14-15,23-25,37,45H,6-13,16-22H2,1-5H3,(H,41,42)/t23-,24+,33-/m0/s1. The maximum absolute atomic E-state index is 15.4. The SMILES string of the molecule is C[C@@H](CN(C)C(=O)OCC[Si](C)(C)C)N(C(=O)N1CCC[C@@H]([C@@](O)(CCCNC(=O)O)c2ccc(F)c(Cl)c2F)C1)C1CCCCC1. The number of urea groups is 1. The zero-order valence-corrected chi connectivity index (χ0v) is 30.3. The number of likely N-dealkylation sites (tertiary alicyclic amines) is 1. The van der Waals surface area contributed by atoms with Gasteiger partial charge in [0.15, 0.2) is 5.82 Å². The van der Waals surface area contributed by atoms with Crippen molar-refractivity contribution in [1.29, 1.82) is 0 Å². The molecule has 14 heteroatoms. The van der Waals surface area contributed by atoms with Gasteiger partial charge in [-0.05, 0) is 57.6 Å². The fourth-order valence-electron chi connectivity index (χ4n) is 6.85. The average Bonchev–Trinajstić information content (AvgIpc) is 3.01. The Morgan fingerprint density at radius 2 is 1.83 bits per heavy atom. The monoisotopic (exact) mass is 702 g/mol. The molecule has 3 N–H and O–H groups in total. The van der Waals surface area contributed by atoms with Crippen LogP contribution in [0.25, 0.3) is 0 Å². The molecule has 0 radical (unpaired) electrons. The zero-order chi connectivity index (χ0) is 34.9. The van der Waals surface area contributed by atoms with E-state index < -0.39 is 48.4 Å². The number of rotatable bonds is 13. The van der Waals surface area contributed by atoms with Crippen LogP contribution in [-0.2, 0) is 10.3 Å². The van der Waals surface area contributed by atoms with Gasteiger partial charge in [0.2, 0.25) is 0 Å². The third-order valence-corrected chi connectivity index (χ3v) is 11.5. The molecule has 1 heterocycles. The van der Waals surface area contributed by atoms with Crippen molar-refractivity contribution in [2.24, 2.45) is 5.92 Å². The Morgan fingerprint density at radius 3 is 2.47 bits per heavy atom. The van der Waals surface area contributed by atoms with Gasteiger partial charge in [0.1, 0.15) is 10.8 Å². The van der Waals surface area contributed by atoms with Gasteiger partial charge in [-0.15, -0.1) is 0 Å². The Labute approximate surface area is 283 Å². The van der Waals surface area contributed by atoms with E-state index in [1.165, 1.54) is 11.0 Å². The highest BCUT2D eigenvalue weighted by atomic mass is 35.5. The van der Waals surface area contributed by atoms with E-state index in [4.69, 9.17) is 21.4 Å². The average molecular weight is 703 g/mol. The first-order chi connectivity index (χ1) is 22.0. The van der Waals surface area contributed by atoms with Gasteiger partial charge in [0.05, 0.1) is 12.2 Å². The van der Waals surface area contributed by atoms with Crippen LogP contribution in [0.15, 0.2) is 12.1 Å². The van der Waals surface area contributed by atoms with Gasteiger partial charge >= 0.3 is 18.2 Å². The van der Waals surface area contributed by atoms with Crippen LogP contribution in [-0.4, -0.2) is 103 Å². The van der Waals surface area contributed by atoms with Crippen molar-refractivity contribution >= 4 is 37.9 Å². The van der Waals surface area contributed by atoms with Gasteiger partial charge in [-0.1, -0.05) is 56.6 Å². The van der Waals surface area contributed by atoms with E-state index in [0.717, 1.165) is 44.2 Å². The molecule has 3 atom stereocenters. The Morgan fingerprint density at radius 1 is 1.15 bits per heavy atom. The number of amides is 4. The van der Waals surface area contributed by atoms with Crippen molar-refractivity contribution in [3.63, 3.8) is 0 Å². The number of likely N-dealkylation sites (N-methyl/N-ethyl adjacent to an activating group) is 1. The number of nitrogens with zero attached hydrogens (tertiary/aromatic N) is 3. The maximum atomic E-state index is 15.4. The lowest BCUT2D eigenvalue weighted by Gasteiger charge is -2.47. The molecule has 2 aliphatic rings. The molecule has 2 fully saturated rings. The summed E-state index contributed by atoms with van der Waals surface area (Å²) < 4.78 is 35.1. The lowest BCUT2D eigenvalue weighted by Crippen LogP contribution is -2.58. The summed E-state index contributed by atoms with van der Waals surface area (Å²) in [7, 11) is 0.304. The first-order valence-corrected chi connectivity index (χ1v) is 20.9.